The van der Waals surface area contributed by atoms with E-state index in [1.54, 1.807) is 30.0 Å². The maximum absolute atomic E-state index is 12.8. The molecule has 0 unspecified atom stereocenters. The Morgan fingerprint density at radius 1 is 1.33 bits per heavy atom. The number of hydrogen-bond donors (Lipinski definition) is 0. The zero-order chi connectivity index (χ0) is 21.3. The summed E-state index contributed by atoms with van der Waals surface area (Å²) in [5.41, 5.74) is 1.29. The highest BCUT2D eigenvalue weighted by Crippen LogP contribution is 2.29. The monoisotopic (exact) mass is 443 g/mol. The van der Waals surface area contributed by atoms with E-state index in [-0.39, 0.29) is 11.4 Å². The minimum Gasteiger partial charge on any atom is -0.493 e. The van der Waals surface area contributed by atoms with Gasteiger partial charge in [0.25, 0.3) is 5.69 Å². The Balaban J connectivity index is 1.82. The van der Waals surface area contributed by atoms with Gasteiger partial charge in [-0.3, -0.25) is 14.9 Å². The highest BCUT2D eigenvalue weighted by molar-refractivity contribution is 7.98. The Kier molecular flexibility index (Phi) is 5.60. The second-order valence-corrected chi connectivity index (χ2v) is 8.34. The van der Waals surface area contributed by atoms with Crippen LogP contribution >= 0.6 is 23.1 Å². The number of carbonyl (C=O) groups excluding carboxylic acids is 1. The number of nitro groups is 1. The molecule has 0 saturated heterocycles. The van der Waals surface area contributed by atoms with Crippen molar-refractivity contribution in [3.8, 4) is 5.75 Å². The first-order valence-electron chi connectivity index (χ1n) is 8.94. The number of nitrogens with zero attached hydrogens (tertiary/aromatic N) is 3. The lowest BCUT2D eigenvalue weighted by atomic mass is 10.2. The fraction of sp³-hybridized carbons (Fsp3) is 0.200. The lowest BCUT2D eigenvalue weighted by Crippen LogP contribution is -2.18. The molecular formula is C20H17N3O5S2. The van der Waals surface area contributed by atoms with Crippen molar-refractivity contribution in [3.63, 3.8) is 0 Å². The standard InChI is InChI=1S/C20H17N3O5S2/c1-27-15-5-3-4-12-10-16(28-18(12)15)19(24)21-20-22(8-9-29-2)14-7-6-13(23(25)26)11-17(14)30-20/h3-7,10-11H,8-9H2,1-2H3. The summed E-state index contributed by atoms with van der Waals surface area (Å²) in [6.07, 6.45) is 1.99. The molecule has 0 bridgehead atoms. The van der Waals surface area contributed by atoms with Crippen LogP contribution in [0, 0.1) is 10.1 Å². The van der Waals surface area contributed by atoms with Crippen LogP contribution in [-0.4, -0.2) is 34.5 Å². The zero-order valence-corrected chi connectivity index (χ0v) is 17.8. The van der Waals surface area contributed by atoms with Crippen LogP contribution in [0.5, 0.6) is 5.75 Å². The van der Waals surface area contributed by atoms with Crippen molar-refractivity contribution < 1.29 is 18.9 Å². The summed E-state index contributed by atoms with van der Waals surface area (Å²) in [5, 5.41) is 11.9. The minimum atomic E-state index is -0.521. The number of furan rings is 1. The van der Waals surface area contributed by atoms with Gasteiger partial charge in [0.05, 0.1) is 22.2 Å². The van der Waals surface area contributed by atoms with Crippen LogP contribution in [0.1, 0.15) is 10.6 Å². The molecule has 30 heavy (non-hydrogen) atoms. The van der Waals surface area contributed by atoms with Crippen LogP contribution in [0.25, 0.3) is 21.2 Å². The molecule has 4 rings (SSSR count). The minimum absolute atomic E-state index is 0.00280. The van der Waals surface area contributed by atoms with Crippen molar-refractivity contribution in [1.82, 2.24) is 4.57 Å². The number of nitro benzene ring substituents is 1. The number of benzene rings is 2. The molecule has 0 aliphatic heterocycles. The average molecular weight is 444 g/mol. The summed E-state index contributed by atoms with van der Waals surface area (Å²) in [4.78, 5) is 28.3. The Labute approximate surface area is 178 Å². The molecule has 154 valence electrons. The van der Waals surface area contributed by atoms with E-state index in [1.807, 2.05) is 23.0 Å². The molecule has 0 aliphatic carbocycles. The van der Waals surface area contributed by atoms with E-state index in [2.05, 4.69) is 4.99 Å². The Hall–Kier alpha value is -3.11. The predicted molar refractivity (Wildman–Crippen MR) is 118 cm³/mol. The SMILES string of the molecule is COc1cccc2cc(C(=O)N=c3sc4cc([N+](=O)[O-])ccc4n3CCSC)oc12. The highest BCUT2D eigenvalue weighted by atomic mass is 32.2. The molecule has 2 heterocycles. The third kappa shape index (κ3) is 3.71. The normalized spacial score (nSPS) is 12.0. The van der Waals surface area contributed by atoms with Gasteiger partial charge in [-0.05, 0) is 24.5 Å². The molecule has 0 spiro atoms. The topological polar surface area (TPSA) is 99.9 Å². The van der Waals surface area contributed by atoms with E-state index in [0.29, 0.717) is 27.4 Å². The number of aromatic nitrogens is 1. The van der Waals surface area contributed by atoms with Gasteiger partial charge in [0.2, 0.25) is 0 Å². The van der Waals surface area contributed by atoms with Crippen molar-refractivity contribution in [2.45, 2.75) is 6.54 Å². The van der Waals surface area contributed by atoms with E-state index in [9.17, 15) is 14.9 Å². The number of aryl methyl sites for hydroxylation is 1. The smallest absolute Gasteiger partial charge is 0.315 e. The van der Waals surface area contributed by atoms with Crippen LogP contribution in [0.3, 0.4) is 0 Å². The number of thiazole rings is 1. The number of para-hydroxylation sites is 1. The van der Waals surface area contributed by atoms with E-state index in [1.165, 1.54) is 30.6 Å². The highest BCUT2D eigenvalue weighted by Gasteiger charge is 2.16. The van der Waals surface area contributed by atoms with E-state index >= 15 is 0 Å². The number of non-ortho nitro benzene ring substituents is 1. The summed E-state index contributed by atoms with van der Waals surface area (Å²) in [6.45, 7) is 0.624. The molecule has 0 N–H and O–H groups in total. The van der Waals surface area contributed by atoms with Gasteiger partial charge in [-0.2, -0.15) is 16.8 Å². The molecule has 0 aliphatic rings. The average Bonchev–Trinajstić information content (AvgIpc) is 3.32. The van der Waals surface area contributed by atoms with Gasteiger partial charge in [0, 0.05) is 29.8 Å². The maximum atomic E-state index is 12.8. The van der Waals surface area contributed by atoms with Crippen molar-refractivity contribution >= 4 is 55.9 Å². The lowest BCUT2D eigenvalue weighted by Gasteiger charge is -2.03. The molecule has 10 heteroatoms. The third-order valence-corrected chi connectivity index (χ3v) is 6.16. The quantitative estimate of drug-likeness (QED) is 0.322. The fourth-order valence-corrected chi connectivity index (χ4v) is 4.56. The Morgan fingerprint density at radius 2 is 2.17 bits per heavy atom. The lowest BCUT2D eigenvalue weighted by molar-refractivity contribution is -0.384. The van der Waals surface area contributed by atoms with Crippen molar-refractivity contribution in [2.75, 3.05) is 19.1 Å². The van der Waals surface area contributed by atoms with Crippen LogP contribution in [0.2, 0.25) is 0 Å². The zero-order valence-electron chi connectivity index (χ0n) is 16.2. The number of carbonyl (C=O) groups is 1. The van der Waals surface area contributed by atoms with E-state index in [0.717, 1.165) is 16.7 Å². The second-order valence-electron chi connectivity index (χ2n) is 6.34. The van der Waals surface area contributed by atoms with Crippen LogP contribution in [0.4, 0.5) is 5.69 Å². The molecule has 4 aromatic rings. The number of thioether (sulfide) groups is 1. The molecule has 2 aromatic carbocycles. The van der Waals surface area contributed by atoms with E-state index in [4.69, 9.17) is 9.15 Å². The molecule has 0 radical (unpaired) electrons. The van der Waals surface area contributed by atoms with E-state index < -0.39 is 10.8 Å². The van der Waals surface area contributed by atoms with Gasteiger partial charge in [0.15, 0.2) is 21.9 Å². The van der Waals surface area contributed by atoms with Crippen LogP contribution in [0.15, 0.2) is 51.9 Å². The third-order valence-electron chi connectivity index (χ3n) is 4.53. The summed E-state index contributed by atoms with van der Waals surface area (Å²) in [7, 11) is 1.54. The fourth-order valence-electron chi connectivity index (χ4n) is 3.10. The maximum Gasteiger partial charge on any atom is 0.315 e. The Bertz CT molecular complexity index is 1340. The number of methoxy groups -OCH3 is 1. The summed E-state index contributed by atoms with van der Waals surface area (Å²) >= 11 is 2.90. The van der Waals surface area contributed by atoms with Crippen molar-refractivity contribution in [3.05, 3.63) is 63.1 Å². The first-order valence-corrected chi connectivity index (χ1v) is 11.1. The Morgan fingerprint density at radius 3 is 2.90 bits per heavy atom. The van der Waals surface area contributed by atoms with Crippen LogP contribution in [-0.2, 0) is 6.54 Å². The second kappa shape index (κ2) is 8.33. The van der Waals surface area contributed by atoms with Gasteiger partial charge >= 0.3 is 5.91 Å². The first kappa shape index (κ1) is 20.2. The van der Waals surface area contributed by atoms with Crippen LogP contribution < -0.4 is 9.54 Å². The molecule has 1 amide bonds. The summed E-state index contributed by atoms with van der Waals surface area (Å²) in [6, 6.07) is 11.7. The predicted octanol–water partition coefficient (Wildman–Crippen LogP) is 4.47. The number of amides is 1. The molecule has 8 nitrogen and oxygen atoms in total. The summed E-state index contributed by atoms with van der Waals surface area (Å²) in [5.74, 6) is 0.934. The molecule has 0 atom stereocenters. The largest absolute Gasteiger partial charge is 0.493 e. The number of rotatable bonds is 6. The first-order chi connectivity index (χ1) is 14.5. The number of fused-ring (bicyclic) bond motifs is 2. The van der Waals surface area contributed by atoms with Crippen molar-refractivity contribution in [1.29, 1.82) is 0 Å². The van der Waals surface area contributed by atoms with Gasteiger partial charge in [-0.25, -0.2) is 0 Å². The molecule has 0 saturated carbocycles. The van der Waals surface area contributed by atoms with Gasteiger partial charge < -0.3 is 13.7 Å². The number of hydrogen-bond acceptors (Lipinski definition) is 7. The van der Waals surface area contributed by atoms with Gasteiger partial charge in [0.1, 0.15) is 0 Å². The van der Waals surface area contributed by atoms with Gasteiger partial charge in [-0.15, -0.1) is 0 Å². The number of ether oxygens (including phenoxy) is 1. The molecule has 2 aromatic heterocycles. The van der Waals surface area contributed by atoms with Crippen molar-refractivity contribution in [2.24, 2.45) is 4.99 Å². The van der Waals surface area contributed by atoms with Gasteiger partial charge in [-0.1, -0.05) is 23.5 Å². The molecule has 0 fully saturated rings. The summed E-state index contributed by atoms with van der Waals surface area (Å²) < 4.78 is 13.6. The molecular weight excluding hydrogens is 426 g/mol.